The van der Waals surface area contributed by atoms with Crippen molar-refractivity contribution in [3.63, 3.8) is 0 Å². The summed E-state index contributed by atoms with van der Waals surface area (Å²) in [5.41, 5.74) is 0. The van der Waals surface area contributed by atoms with Crippen molar-refractivity contribution in [2.45, 2.75) is 45.2 Å². The molecule has 0 amide bonds. The molecule has 2 saturated heterocycles. The molecule has 3 rings (SSSR count). The number of hydrogen-bond acceptors (Lipinski definition) is 4. The Morgan fingerprint density at radius 1 is 1.33 bits per heavy atom. The van der Waals surface area contributed by atoms with Crippen LogP contribution in [0.3, 0.4) is 0 Å². The number of piperazine rings is 1. The Bertz CT molecular complexity index is 390. The van der Waals surface area contributed by atoms with Gasteiger partial charge < -0.3 is 4.42 Å². The molecule has 18 heavy (non-hydrogen) atoms. The fourth-order valence-electron chi connectivity index (χ4n) is 3.14. The van der Waals surface area contributed by atoms with Crippen LogP contribution in [0.4, 0.5) is 0 Å². The van der Waals surface area contributed by atoms with Crippen LogP contribution < -0.4 is 0 Å². The summed E-state index contributed by atoms with van der Waals surface area (Å²) < 4.78 is 5.71. The van der Waals surface area contributed by atoms with Crippen LogP contribution in [0.2, 0.25) is 0 Å². The summed E-state index contributed by atoms with van der Waals surface area (Å²) >= 11 is 0. The molecule has 2 aliphatic rings. The number of fused-ring (bicyclic) bond motifs is 1. The van der Waals surface area contributed by atoms with Gasteiger partial charge in [0.25, 0.3) is 0 Å². The molecule has 1 atom stereocenters. The number of nitrogens with zero attached hydrogens (tertiary/aromatic N) is 3. The SMILES string of the molecule is CCc1cnc(CN2CCN3CCCCC3C2)o1. The van der Waals surface area contributed by atoms with Gasteiger partial charge in [-0.15, -0.1) is 0 Å². The summed E-state index contributed by atoms with van der Waals surface area (Å²) in [4.78, 5) is 9.52. The van der Waals surface area contributed by atoms with Crippen molar-refractivity contribution < 1.29 is 4.42 Å². The number of aryl methyl sites for hydroxylation is 1. The molecule has 0 saturated carbocycles. The topological polar surface area (TPSA) is 32.5 Å². The Balaban J connectivity index is 1.57. The van der Waals surface area contributed by atoms with Gasteiger partial charge in [0.15, 0.2) is 0 Å². The van der Waals surface area contributed by atoms with Crippen LogP contribution in [0.5, 0.6) is 0 Å². The Hall–Kier alpha value is -0.870. The molecule has 4 heteroatoms. The Labute approximate surface area is 109 Å². The van der Waals surface area contributed by atoms with Crippen molar-refractivity contribution in [2.75, 3.05) is 26.2 Å². The van der Waals surface area contributed by atoms with Crippen molar-refractivity contribution in [1.29, 1.82) is 0 Å². The molecule has 100 valence electrons. The first kappa shape index (κ1) is 12.2. The van der Waals surface area contributed by atoms with E-state index in [-0.39, 0.29) is 0 Å². The second kappa shape index (κ2) is 5.41. The maximum absolute atomic E-state index is 5.71. The fraction of sp³-hybridized carbons (Fsp3) is 0.786. The fourth-order valence-corrected chi connectivity index (χ4v) is 3.14. The van der Waals surface area contributed by atoms with Gasteiger partial charge in [0.05, 0.1) is 12.7 Å². The Morgan fingerprint density at radius 2 is 2.28 bits per heavy atom. The highest BCUT2D eigenvalue weighted by Gasteiger charge is 2.29. The van der Waals surface area contributed by atoms with Gasteiger partial charge in [-0.05, 0) is 19.4 Å². The van der Waals surface area contributed by atoms with E-state index in [4.69, 9.17) is 4.42 Å². The molecule has 0 N–H and O–H groups in total. The van der Waals surface area contributed by atoms with Crippen molar-refractivity contribution in [3.05, 3.63) is 17.8 Å². The summed E-state index contributed by atoms with van der Waals surface area (Å²) in [7, 11) is 0. The zero-order chi connectivity index (χ0) is 12.4. The second-order valence-corrected chi connectivity index (χ2v) is 5.49. The third kappa shape index (κ3) is 2.59. The van der Waals surface area contributed by atoms with Crippen molar-refractivity contribution >= 4 is 0 Å². The molecule has 3 heterocycles. The van der Waals surface area contributed by atoms with Gasteiger partial charge in [0.2, 0.25) is 5.89 Å². The van der Waals surface area contributed by atoms with E-state index in [1.165, 1.54) is 38.9 Å². The second-order valence-electron chi connectivity index (χ2n) is 5.49. The molecule has 0 spiro atoms. The van der Waals surface area contributed by atoms with E-state index < -0.39 is 0 Å². The Kier molecular flexibility index (Phi) is 3.66. The molecule has 0 aliphatic carbocycles. The van der Waals surface area contributed by atoms with Crippen molar-refractivity contribution in [2.24, 2.45) is 0 Å². The highest BCUT2D eigenvalue weighted by molar-refractivity contribution is 4.94. The van der Waals surface area contributed by atoms with E-state index in [9.17, 15) is 0 Å². The molecule has 0 aromatic carbocycles. The molecule has 1 aromatic rings. The lowest BCUT2D eigenvalue weighted by Crippen LogP contribution is -2.54. The summed E-state index contributed by atoms with van der Waals surface area (Å²) in [6.07, 6.45) is 6.95. The quantitative estimate of drug-likeness (QED) is 0.819. The number of rotatable bonds is 3. The van der Waals surface area contributed by atoms with Gasteiger partial charge >= 0.3 is 0 Å². The van der Waals surface area contributed by atoms with Gasteiger partial charge in [0.1, 0.15) is 5.76 Å². The van der Waals surface area contributed by atoms with E-state index in [0.717, 1.165) is 37.2 Å². The third-order valence-electron chi connectivity index (χ3n) is 4.23. The molecular formula is C14H23N3O. The molecule has 2 fully saturated rings. The number of piperidine rings is 1. The van der Waals surface area contributed by atoms with Gasteiger partial charge in [-0.1, -0.05) is 13.3 Å². The summed E-state index contributed by atoms with van der Waals surface area (Å²) in [5.74, 6) is 1.89. The predicted octanol–water partition coefficient (Wildman–Crippen LogP) is 1.91. The maximum atomic E-state index is 5.71. The van der Waals surface area contributed by atoms with Gasteiger partial charge in [0, 0.05) is 32.1 Å². The largest absolute Gasteiger partial charge is 0.444 e. The number of aromatic nitrogens is 1. The maximum Gasteiger partial charge on any atom is 0.208 e. The minimum absolute atomic E-state index is 0.771. The lowest BCUT2D eigenvalue weighted by atomic mass is 9.99. The summed E-state index contributed by atoms with van der Waals surface area (Å²) in [6.45, 7) is 7.84. The van der Waals surface area contributed by atoms with Gasteiger partial charge in [-0.3, -0.25) is 9.80 Å². The Morgan fingerprint density at radius 3 is 3.11 bits per heavy atom. The van der Waals surface area contributed by atoms with E-state index >= 15 is 0 Å². The van der Waals surface area contributed by atoms with Crippen LogP contribution in [0, 0.1) is 0 Å². The first-order valence-corrected chi connectivity index (χ1v) is 7.25. The lowest BCUT2D eigenvalue weighted by Gasteiger charge is -2.43. The van der Waals surface area contributed by atoms with E-state index in [1.54, 1.807) is 0 Å². The standard InChI is InChI=1S/C14H23N3O/c1-2-13-9-15-14(18-13)11-16-7-8-17-6-4-3-5-12(17)10-16/h9,12H,2-8,10-11H2,1H3. The smallest absolute Gasteiger partial charge is 0.208 e. The molecule has 4 nitrogen and oxygen atoms in total. The monoisotopic (exact) mass is 249 g/mol. The van der Waals surface area contributed by atoms with E-state index in [0.29, 0.717) is 0 Å². The average molecular weight is 249 g/mol. The van der Waals surface area contributed by atoms with Gasteiger partial charge in [-0.25, -0.2) is 4.98 Å². The van der Waals surface area contributed by atoms with Crippen LogP contribution in [0.15, 0.2) is 10.6 Å². The number of hydrogen-bond donors (Lipinski definition) is 0. The van der Waals surface area contributed by atoms with Crippen LogP contribution in [0.1, 0.15) is 37.8 Å². The normalized spacial score (nSPS) is 26.2. The van der Waals surface area contributed by atoms with Crippen LogP contribution >= 0.6 is 0 Å². The highest BCUT2D eigenvalue weighted by Crippen LogP contribution is 2.22. The zero-order valence-corrected chi connectivity index (χ0v) is 11.3. The first-order chi connectivity index (χ1) is 8.85. The molecular weight excluding hydrogens is 226 g/mol. The number of oxazole rings is 1. The summed E-state index contributed by atoms with van der Waals surface area (Å²) in [5, 5.41) is 0. The third-order valence-corrected chi connectivity index (χ3v) is 4.23. The zero-order valence-electron chi connectivity index (χ0n) is 11.3. The molecule has 0 bridgehead atoms. The molecule has 2 aliphatic heterocycles. The minimum Gasteiger partial charge on any atom is -0.444 e. The average Bonchev–Trinajstić information content (AvgIpc) is 2.86. The summed E-state index contributed by atoms with van der Waals surface area (Å²) in [6, 6.07) is 0.771. The van der Waals surface area contributed by atoms with Crippen molar-refractivity contribution in [3.8, 4) is 0 Å². The predicted molar refractivity (Wildman–Crippen MR) is 70.4 cm³/mol. The molecule has 0 radical (unpaired) electrons. The van der Waals surface area contributed by atoms with Crippen LogP contribution in [-0.4, -0.2) is 47.0 Å². The van der Waals surface area contributed by atoms with Crippen LogP contribution in [0.25, 0.3) is 0 Å². The van der Waals surface area contributed by atoms with E-state index in [2.05, 4.69) is 21.7 Å². The molecule has 1 unspecified atom stereocenters. The highest BCUT2D eigenvalue weighted by atomic mass is 16.4. The molecule has 1 aromatic heterocycles. The minimum atomic E-state index is 0.771. The van der Waals surface area contributed by atoms with Gasteiger partial charge in [-0.2, -0.15) is 0 Å². The van der Waals surface area contributed by atoms with Crippen LogP contribution in [-0.2, 0) is 13.0 Å². The first-order valence-electron chi connectivity index (χ1n) is 7.25. The van der Waals surface area contributed by atoms with E-state index in [1.807, 2.05) is 6.20 Å². The van der Waals surface area contributed by atoms with Crippen molar-refractivity contribution in [1.82, 2.24) is 14.8 Å². The lowest BCUT2D eigenvalue weighted by molar-refractivity contribution is 0.0416.